The molecular formula is C22H30N4O6S. The molecule has 1 aliphatic carbocycles. The van der Waals surface area contributed by atoms with Crippen molar-refractivity contribution in [3.8, 4) is 5.75 Å². The molecule has 2 fully saturated rings. The van der Waals surface area contributed by atoms with Crippen LogP contribution < -0.4 is 10.1 Å². The molecule has 0 spiro atoms. The van der Waals surface area contributed by atoms with E-state index in [9.17, 15) is 13.2 Å². The average molecular weight is 479 g/mol. The van der Waals surface area contributed by atoms with Gasteiger partial charge in [-0.2, -0.15) is 9.29 Å². The smallest absolute Gasteiger partial charge is 0.255 e. The quantitative estimate of drug-likeness (QED) is 0.628. The van der Waals surface area contributed by atoms with Gasteiger partial charge in [-0.15, -0.1) is 0 Å². The molecule has 1 aliphatic heterocycles. The van der Waals surface area contributed by atoms with Crippen molar-refractivity contribution in [2.45, 2.75) is 55.9 Å². The number of hydrogen-bond acceptors (Lipinski definition) is 8. The molecule has 11 heteroatoms. The zero-order valence-electron chi connectivity index (χ0n) is 19.0. The molecule has 0 atom stereocenters. The van der Waals surface area contributed by atoms with E-state index in [0.29, 0.717) is 43.5 Å². The second-order valence-corrected chi connectivity index (χ2v) is 10.4. The fourth-order valence-electron chi connectivity index (χ4n) is 4.48. The number of ether oxygens (including phenoxy) is 2. The SMILES string of the molecule is COc1ccc(S(=O)(=O)N2CCOCC2)cc1C(=O)NC1(c2noc(C)n2)CCCCCC1. The standard InChI is InChI=1S/C22H30N4O6S/c1-16-23-21(25-32-16)22(9-5-3-4-6-10-22)24-20(27)18-15-17(7-8-19(18)30-2)33(28,29)26-11-13-31-14-12-26/h7-8,15H,3-6,9-14H2,1-2H3,(H,24,27). The number of nitrogens with zero attached hydrogens (tertiary/aromatic N) is 3. The maximum atomic E-state index is 13.5. The number of carbonyl (C=O) groups excluding carboxylic acids is 1. The lowest BCUT2D eigenvalue weighted by molar-refractivity contribution is 0.0730. The van der Waals surface area contributed by atoms with Crippen molar-refractivity contribution in [2.24, 2.45) is 0 Å². The first-order chi connectivity index (χ1) is 15.9. The predicted octanol–water partition coefficient (Wildman–Crippen LogP) is 2.39. The average Bonchev–Trinajstić information content (AvgIpc) is 3.14. The number of nitrogens with one attached hydrogen (secondary N) is 1. The minimum absolute atomic E-state index is 0.0423. The van der Waals surface area contributed by atoms with Crippen molar-refractivity contribution in [1.82, 2.24) is 19.8 Å². The summed E-state index contributed by atoms with van der Waals surface area (Å²) < 4.78 is 43.6. The van der Waals surface area contributed by atoms with Crippen molar-refractivity contribution < 1.29 is 27.2 Å². The molecule has 0 unspecified atom stereocenters. The molecule has 0 bridgehead atoms. The number of rotatable bonds is 6. The Morgan fingerprint density at radius 1 is 1.15 bits per heavy atom. The Kier molecular flexibility index (Phi) is 7.01. The Morgan fingerprint density at radius 2 is 1.85 bits per heavy atom. The minimum Gasteiger partial charge on any atom is -0.496 e. The summed E-state index contributed by atoms with van der Waals surface area (Å²) in [6.07, 6.45) is 5.29. The van der Waals surface area contributed by atoms with Crippen molar-refractivity contribution in [2.75, 3.05) is 33.4 Å². The van der Waals surface area contributed by atoms with E-state index in [-0.39, 0.29) is 23.5 Å². The summed E-state index contributed by atoms with van der Waals surface area (Å²) in [5, 5.41) is 7.23. The van der Waals surface area contributed by atoms with Crippen LogP contribution in [0.2, 0.25) is 0 Å². The second-order valence-electron chi connectivity index (χ2n) is 8.47. The molecule has 2 heterocycles. The maximum Gasteiger partial charge on any atom is 0.255 e. The molecule has 1 aromatic carbocycles. The van der Waals surface area contributed by atoms with Gasteiger partial charge in [0.05, 0.1) is 30.8 Å². The number of methoxy groups -OCH3 is 1. The van der Waals surface area contributed by atoms with Gasteiger partial charge in [-0.25, -0.2) is 8.42 Å². The van der Waals surface area contributed by atoms with E-state index >= 15 is 0 Å². The van der Waals surface area contributed by atoms with Gasteiger partial charge in [0.25, 0.3) is 5.91 Å². The van der Waals surface area contributed by atoms with Crippen molar-refractivity contribution in [3.05, 3.63) is 35.5 Å². The lowest BCUT2D eigenvalue weighted by atomic mass is 9.88. The van der Waals surface area contributed by atoms with Crippen LogP contribution in [0, 0.1) is 6.92 Å². The molecular weight excluding hydrogens is 448 g/mol. The fourth-order valence-corrected chi connectivity index (χ4v) is 5.91. The van der Waals surface area contributed by atoms with Gasteiger partial charge >= 0.3 is 0 Å². The van der Waals surface area contributed by atoms with Gasteiger partial charge in [0.15, 0.2) is 5.82 Å². The van der Waals surface area contributed by atoms with Crippen LogP contribution in [0.4, 0.5) is 0 Å². The highest BCUT2D eigenvalue weighted by atomic mass is 32.2. The Labute approximate surface area is 193 Å². The van der Waals surface area contributed by atoms with Gasteiger partial charge in [-0.3, -0.25) is 4.79 Å². The first kappa shape index (κ1) is 23.7. The lowest BCUT2D eigenvalue weighted by Crippen LogP contribution is -2.46. The third-order valence-corrected chi connectivity index (χ3v) is 8.18. The van der Waals surface area contributed by atoms with E-state index in [1.807, 2.05) is 0 Å². The van der Waals surface area contributed by atoms with Crippen LogP contribution in [0.25, 0.3) is 0 Å². The molecule has 4 rings (SSSR count). The maximum absolute atomic E-state index is 13.5. The summed E-state index contributed by atoms with van der Waals surface area (Å²) in [6.45, 7) is 2.95. The van der Waals surface area contributed by atoms with Crippen molar-refractivity contribution in [1.29, 1.82) is 0 Å². The summed E-state index contributed by atoms with van der Waals surface area (Å²) in [4.78, 5) is 18.0. The third-order valence-electron chi connectivity index (χ3n) is 6.29. The second kappa shape index (κ2) is 9.78. The van der Waals surface area contributed by atoms with Crippen molar-refractivity contribution in [3.63, 3.8) is 0 Å². The molecule has 2 aromatic rings. The molecule has 1 N–H and O–H groups in total. The van der Waals surface area contributed by atoms with Crippen LogP contribution in [-0.2, 0) is 20.3 Å². The van der Waals surface area contributed by atoms with Gasteiger partial charge in [-0.05, 0) is 31.0 Å². The Bertz CT molecular complexity index is 1090. The molecule has 1 saturated carbocycles. The molecule has 2 aliphatic rings. The van der Waals surface area contributed by atoms with E-state index in [1.54, 1.807) is 6.92 Å². The molecule has 1 amide bonds. The van der Waals surface area contributed by atoms with Crippen LogP contribution >= 0.6 is 0 Å². The zero-order valence-corrected chi connectivity index (χ0v) is 19.8. The molecule has 1 saturated heterocycles. The Balaban J connectivity index is 1.68. The number of carbonyl (C=O) groups is 1. The number of benzene rings is 1. The van der Waals surface area contributed by atoms with Crippen LogP contribution in [0.1, 0.15) is 60.6 Å². The van der Waals surface area contributed by atoms with Crippen LogP contribution in [0.5, 0.6) is 5.75 Å². The normalized spacial score (nSPS) is 19.6. The van der Waals surface area contributed by atoms with Gasteiger partial charge < -0.3 is 19.3 Å². The van der Waals surface area contributed by atoms with E-state index in [0.717, 1.165) is 25.7 Å². The van der Waals surface area contributed by atoms with Crippen LogP contribution in [-0.4, -0.2) is 62.2 Å². The number of hydrogen-bond donors (Lipinski definition) is 1. The number of morpholine rings is 1. The van der Waals surface area contributed by atoms with E-state index in [1.165, 1.54) is 29.6 Å². The molecule has 180 valence electrons. The third kappa shape index (κ3) is 4.90. The minimum atomic E-state index is -3.77. The largest absolute Gasteiger partial charge is 0.496 e. The highest BCUT2D eigenvalue weighted by Gasteiger charge is 2.39. The highest BCUT2D eigenvalue weighted by Crippen LogP contribution is 2.36. The fraction of sp³-hybridized carbons (Fsp3) is 0.591. The van der Waals surface area contributed by atoms with Gasteiger partial charge in [0.1, 0.15) is 11.3 Å². The lowest BCUT2D eigenvalue weighted by Gasteiger charge is -2.31. The Hall–Kier alpha value is -2.50. The predicted molar refractivity (Wildman–Crippen MR) is 118 cm³/mol. The number of sulfonamides is 1. The van der Waals surface area contributed by atoms with Gasteiger partial charge in [-0.1, -0.05) is 30.8 Å². The molecule has 10 nitrogen and oxygen atoms in total. The number of amides is 1. The first-order valence-corrected chi connectivity index (χ1v) is 12.7. The van der Waals surface area contributed by atoms with E-state index in [2.05, 4.69) is 15.5 Å². The van der Waals surface area contributed by atoms with Gasteiger partial charge in [0.2, 0.25) is 15.9 Å². The summed E-state index contributed by atoms with van der Waals surface area (Å²) in [5.41, 5.74) is -0.634. The van der Waals surface area contributed by atoms with Crippen LogP contribution in [0.3, 0.4) is 0 Å². The Morgan fingerprint density at radius 3 is 2.45 bits per heavy atom. The van der Waals surface area contributed by atoms with Gasteiger partial charge in [0, 0.05) is 20.0 Å². The molecule has 1 aromatic heterocycles. The highest BCUT2D eigenvalue weighted by molar-refractivity contribution is 7.89. The number of aryl methyl sites for hydroxylation is 1. The first-order valence-electron chi connectivity index (χ1n) is 11.2. The molecule has 33 heavy (non-hydrogen) atoms. The van der Waals surface area contributed by atoms with Crippen LogP contribution in [0.15, 0.2) is 27.6 Å². The monoisotopic (exact) mass is 478 g/mol. The van der Waals surface area contributed by atoms with Crippen molar-refractivity contribution >= 4 is 15.9 Å². The summed E-state index contributed by atoms with van der Waals surface area (Å²) in [5.74, 6) is 0.738. The summed E-state index contributed by atoms with van der Waals surface area (Å²) in [6, 6.07) is 4.36. The van der Waals surface area contributed by atoms with E-state index < -0.39 is 21.5 Å². The zero-order chi connectivity index (χ0) is 23.5. The topological polar surface area (TPSA) is 124 Å². The van der Waals surface area contributed by atoms with E-state index in [4.69, 9.17) is 14.0 Å². The molecule has 0 radical (unpaired) electrons. The summed E-state index contributed by atoms with van der Waals surface area (Å²) >= 11 is 0. The summed E-state index contributed by atoms with van der Waals surface area (Å²) in [7, 11) is -2.32. The number of aromatic nitrogens is 2.